The molecule has 0 bridgehead atoms. The van der Waals surface area contributed by atoms with Gasteiger partial charge in [-0.3, -0.25) is 10.7 Å². The molecule has 0 saturated heterocycles. The molecule has 0 saturated carbocycles. The van der Waals surface area contributed by atoms with Crippen molar-refractivity contribution in [1.29, 1.82) is 0 Å². The van der Waals surface area contributed by atoms with Gasteiger partial charge < -0.3 is 5.32 Å². The number of nitrogens with one attached hydrogen (secondary N) is 2. The smallest absolute Gasteiger partial charge is 0.0430 e. The molecule has 3 nitrogen and oxygen atoms in total. The second-order valence-electron chi connectivity index (χ2n) is 4.38. The number of allylic oxidation sites excluding steroid dienone is 1. The summed E-state index contributed by atoms with van der Waals surface area (Å²) in [4.78, 5) is 0. The number of hydroxylamine groups is 1. The predicted molar refractivity (Wildman–Crippen MR) is 55.3 cm³/mol. The molecule has 0 heterocycles. The van der Waals surface area contributed by atoms with Gasteiger partial charge in [0, 0.05) is 17.9 Å². The molecule has 0 aromatic rings. The highest BCUT2D eigenvalue weighted by Crippen LogP contribution is 2.19. The van der Waals surface area contributed by atoms with E-state index in [0.29, 0.717) is 6.04 Å². The van der Waals surface area contributed by atoms with E-state index in [4.69, 9.17) is 5.21 Å². The summed E-state index contributed by atoms with van der Waals surface area (Å²) in [6.07, 6.45) is 2.47. The fourth-order valence-corrected chi connectivity index (χ4v) is 0.818. The second kappa shape index (κ2) is 5.12. The molecule has 0 fully saturated rings. The maximum Gasteiger partial charge on any atom is 0.0430 e. The molecule has 0 amide bonds. The minimum absolute atomic E-state index is 0.226. The molecular weight excluding hydrogens is 164 g/mol. The zero-order valence-electron chi connectivity index (χ0n) is 9.31. The Hall–Kier alpha value is -0.700. The third-order valence-corrected chi connectivity index (χ3v) is 2.32. The van der Waals surface area contributed by atoms with Gasteiger partial charge in [-0.05, 0) is 18.8 Å². The van der Waals surface area contributed by atoms with Crippen LogP contribution in [0.25, 0.3) is 0 Å². The van der Waals surface area contributed by atoms with Crippen molar-refractivity contribution in [3.63, 3.8) is 0 Å². The van der Waals surface area contributed by atoms with E-state index >= 15 is 0 Å². The van der Waals surface area contributed by atoms with Crippen LogP contribution in [0.3, 0.4) is 0 Å². The lowest BCUT2D eigenvalue weighted by Crippen LogP contribution is -2.37. The first-order chi connectivity index (χ1) is 5.91. The SMILES string of the molecule is CC/C(=C\NO)NC(C)C(C)(C)C. The predicted octanol–water partition coefficient (Wildman–Crippen LogP) is 2.24. The standard InChI is InChI=1S/C10H22N2O/c1-6-9(7-11-13)12-8(2)10(3,4)5/h7-8,11-13H,6H2,1-5H3/b9-7+. The van der Waals surface area contributed by atoms with Crippen molar-refractivity contribution in [2.45, 2.75) is 47.1 Å². The maximum atomic E-state index is 8.52. The van der Waals surface area contributed by atoms with Crippen molar-refractivity contribution >= 4 is 0 Å². The van der Waals surface area contributed by atoms with Gasteiger partial charge in [0.15, 0.2) is 0 Å². The molecule has 0 rings (SSSR count). The Morgan fingerprint density at radius 2 is 2.00 bits per heavy atom. The van der Waals surface area contributed by atoms with E-state index in [9.17, 15) is 0 Å². The molecule has 0 aliphatic rings. The molecule has 0 aromatic heterocycles. The van der Waals surface area contributed by atoms with Crippen LogP contribution in [0.4, 0.5) is 0 Å². The first-order valence-corrected chi connectivity index (χ1v) is 4.77. The molecule has 0 spiro atoms. The van der Waals surface area contributed by atoms with Crippen LogP contribution in [-0.4, -0.2) is 11.2 Å². The summed E-state index contributed by atoms with van der Waals surface area (Å²) in [5, 5.41) is 11.9. The highest BCUT2D eigenvalue weighted by Gasteiger charge is 2.19. The minimum Gasteiger partial charge on any atom is -0.384 e. The second-order valence-corrected chi connectivity index (χ2v) is 4.38. The van der Waals surface area contributed by atoms with Crippen LogP contribution in [0.1, 0.15) is 41.0 Å². The van der Waals surface area contributed by atoms with Crippen molar-refractivity contribution in [1.82, 2.24) is 10.8 Å². The van der Waals surface area contributed by atoms with Gasteiger partial charge in [-0.1, -0.05) is 27.7 Å². The largest absolute Gasteiger partial charge is 0.384 e. The van der Waals surface area contributed by atoms with Crippen LogP contribution in [0.2, 0.25) is 0 Å². The topological polar surface area (TPSA) is 44.3 Å². The van der Waals surface area contributed by atoms with Gasteiger partial charge in [0.25, 0.3) is 0 Å². The highest BCUT2D eigenvalue weighted by atomic mass is 16.5. The summed E-state index contributed by atoms with van der Waals surface area (Å²) in [6, 6.07) is 0.382. The fraction of sp³-hybridized carbons (Fsp3) is 0.800. The lowest BCUT2D eigenvalue weighted by Gasteiger charge is -2.29. The summed E-state index contributed by atoms with van der Waals surface area (Å²) >= 11 is 0. The first-order valence-electron chi connectivity index (χ1n) is 4.77. The molecular formula is C10H22N2O. The molecule has 1 unspecified atom stereocenters. The monoisotopic (exact) mass is 186 g/mol. The Bertz CT molecular complexity index is 170. The lowest BCUT2D eigenvalue weighted by atomic mass is 9.88. The Balaban J connectivity index is 4.17. The van der Waals surface area contributed by atoms with Gasteiger partial charge in [0.05, 0.1) is 0 Å². The van der Waals surface area contributed by atoms with E-state index < -0.39 is 0 Å². The van der Waals surface area contributed by atoms with Crippen LogP contribution in [0.5, 0.6) is 0 Å². The highest BCUT2D eigenvalue weighted by molar-refractivity contribution is 4.99. The quantitative estimate of drug-likeness (QED) is 0.590. The molecule has 1 atom stereocenters. The van der Waals surface area contributed by atoms with Crippen molar-refractivity contribution in [3.05, 3.63) is 11.9 Å². The van der Waals surface area contributed by atoms with E-state index in [2.05, 4.69) is 38.5 Å². The number of hydrogen-bond acceptors (Lipinski definition) is 3. The molecule has 0 aromatic carbocycles. The van der Waals surface area contributed by atoms with Crippen LogP contribution in [0.15, 0.2) is 11.9 Å². The van der Waals surface area contributed by atoms with E-state index in [0.717, 1.165) is 12.1 Å². The zero-order valence-corrected chi connectivity index (χ0v) is 9.31. The van der Waals surface area contributed by atoms with Gasteiger partial charge in [-0.2, -0.15) is 0 Å². The Morgan fingerprint density at radius 3 is 2.31 bits per heavy atom. The van der Waals surface area contributed by atoms with Gasteiger partial charge in [-0.25, -0.2) is 0 Å². The molecule has 0 radical (unpaired) electrons. The minimum atomic E-state index is 0.226. The van der Waals surface area contributed by atoms with Gasteiger partial charge >= 0.3 is 0 Å². The van der Waals surface area contributed by atoms with Crippen LogP contribution in [-0.2, 0) is 0 Å². The molecule has 3 N–H and O–H groups in total. The normalized spacial score (nSPS) is 15.4. The number of rotatable bonds is 4. The summed E-state index contributed by atoms with van der Waals surface area (Å²) < 4.78 is 0. The van der Waals surface area contributed by atoms with Crippen molar-refractivity contribution in [3.8, 4) is 0 Å². The van der Waals surface area contributed by atoms with Gasteiger partial charge in [-0.15, -0.1) is 0 Å². The third kappa shape index (κ3) is 4.78. The molecule has 0 aliphatic heterocycles. The van der Waals surface area contributed by atoms with Crippen LogP contribution >= 0.6 is 0 Å². The molecule has 0 aliphatic carbocycles. The summed E-state index contributed by atoms with van der Waals surface area (Å²) in [5.41, 5.74) is 3.30. The summed E-state index contributed by atoms with van der Waals surface area (Å²) in [6.45, 7) is 10.7. The zero-order chi connectivity index (χ0) is 10.5. The lowest BCUT2D eigenvalue weighted by molar-refractivity contribution is 0.211. The van der Waals surface area contributed by atoms with E-state index in [1.807, 2.05) is 6.92 Å². The van der Waals surface area contributed by atoms with E-state index in [1.165, 1.54) is 0 Å². The van der Waals surface area contributed by atoms with E-state index in [1.54, 1.807) is 6.20 Å². The Morgan fingerprint density at radius 1 is 1.46 bits per heavy atom. The third-order valence-electron chi connectivity index (χ3n) is 2.32. The van der Waals surface area contributed by atoms with Crippen molar-refractivity contribution in [2.75, 3.05) is 0 Å². The van der Waals surface area contributed by atoms with Crippen molar-refractivity contribution in [2.24, 2.45) is 5.41 Å². The summed E-state index contributed by atoms with van der Waals surface area (Å²) in [5.74, 6) is 0. The molecule has 3 heteroatoms. The van der Waals surface area contributed by atoms with E-state index in [-0.39, 0.29) is 5.41 Å². The molecule has 13 heavy (non-hydrogen) atoms. The average Bonchev–Trinajstić information content (AvgIpc) is 2.01. The Labute approximate surface area is 81.2 Å². The van der Waals surface area contributed by atoms with Gasteiger partial charge in [0.2, 0.25) is 0 Å². The fourth-order valence-electron chi connectivity index (χ4n) is 0.818. The Kier molecular flexibility index (Phi) is 4.85. The van der Waals surface area contributed by atoms with Crippen molar-refractivity contribution < 1.29 is 5.21 Å². The maximum absolute atomic E-state index is 8.52. The average molecular weight is 186 g/mol. The van der Waals surface area contributed by atoms with Gasteiger partial charge in [0.1, 0.15) is 0 Å². The first kappa shape index (κ1) is 12.3. The summed E-state index contributed by atoms with van der Waals surface area (Å²) in [7, 11) is 0. The van der Waals surface area contributed by atoms with Crippen LogP contribution in [0, 0.1) is 5.41 Å². The van der Waals surface area contributed by atoms with Crippen LogP contribution < -0.4 is 10.8 Å². The number of hydrogen-bond donors (Lipinski definition) is 3. The molecule has 78 valence electrons.